The number of nitrogens with one attached hydrogen (secondary N) is 1. The summed E-state index contributed by atoms with van der Waals surface area (Å²) in [6.45, 7) is 2.18. The number of carboxylic acids is 1. The van der Waals surface area contributed by atoms with Gasteiger partial charge in [-0.2, -0.15) is 18.2 Å². The molecule has 0 amide bonds. The topological polar surface area (TPSA) is 88.3 Å². The molecule has 2 aromatic rings. The van der Waals surface area contributed by atoms with Crippen molar-refractivity contribution in [3.05, 3.63) is 47.4 Å². The number of aliphatic carboxylic acids is 1. The van der Waals surface area contributed by atoms with Crippen LogP contribution in [0.4, 0.5) is 17.6 Å². The Balaban J connectivity index is 0.000000298. The molecular weight excluding hydrogens is 394 g/mol. The summed E-state index contributed by atoms with van der Waals surface area (Å²) in [5, 5.41) is 14.6. The van der Waals surface area contributed by atoms with E-state index in [0.717, 1.165) is 43.2 Å². The molecule has 1 aliphatic heterocycles. The van der Waals surface area contributed by atoms with Gasteiger partial charge in [-0.15, -0.1) is 0 Å². The van der Waals surface area contributed by atoms with Gasteiger partial charge in [-0.05, 0) is 61.9 Å². The summed E-state index contributed by atoms with van der Waals surface area (Å²) < 4.78 is 50.2. The van der Waals surface area contributed by atoms with E-state index in [1.165, 1.54) is 25.0 Å². The Bertz CT molecular complexity index is 817. The Morgan fingerprint density at radius 3 is 2.38 bits per heavy atom. The van der Waals surface area contributed by atoms with E-state index in [1.807, 2.05) is 12.1 Å². The highest BCUT2D eigenvalue weighted by molar-refractivity contribution is 5.73. The maximum atomic E-state index is 13.0. The van der Waals surface area contributed by atoms with Gasteiger partial charge in [0, 0.05) is 12.3 Å². The number of halogens is 4. The monoisotopic (exact) mass is 415 g/mol. The van der Waals surface area contributed by atoms with E-state index in [1.54, 1.807) is 0 Å². The lowest BCUT2D eigenvalue weighted by Crippen LogP contribution is -2.28. The number of carbonyl (C=O) groups is 1. The van der Waals surface area contributed by atoms with Crippen LogP contribution in [0.25, 0.3) is 0 Å². The Morgan fingerprint density at radius 2 is 1.79 bits per heavy atom. The van der Waals surface area contributed by atoms with Crippen LogP contribution in [-0.4, -0.2) is 40.5 Å². The van der Waals surface area contributed by atoms with Gasteiger partial charge < -0.3 is 14.9 Å². The second kappa shape index (κ2) is 8.89. The van der Waals surface area contributed by atoms with Crippen molar-refractivity contribution in [2.75, 3.05) is 13.1 Å². The standard InChI is InChI=1S/C17H20FN3O.C2HF3O2/c18-13-3-1-12(2-4-13)14-10-15(14)17-20-16(21-22-17)9-11-5-7-19-8-6-11;3-2(4,5)1(6)7/h1-4,11,14-15,19H,5-10H2;(H,6,7). The lowest BCUT2D eigenvalue weighted by Gasteiger charge is -2.20. The number of benzene rings is 1. The minimum atomic E-state index is -5.08. The zero-order valence-electron chi connectivity index (χ0n) is 15.5. The summed E-state index contributed by atoms with van der Waals surface area (Å²) in [5.74, 6) is 0.00623. The van der Waals surface area contributed by atoms with Gasteiger partial charge in [0.1, 0.15) is 5.82 Å². The molecule has 1 saturated heterocycles. The van der Waals surface area contributed by atoms with E-state index in [4.69, 9.17) is 14.4 Å². The second-order valence-corrected chi connectivity index (χ2v) is 7.25. The summed E-state index contributed by atoms with van der Waals surface area (Å²) >= 11 is 0. The first-order chi connectivity index (χ1) is 13.7. The largest absolute Gasteiger partial charge is 0.490 e. The fourth-order valence-corrected chi connectivity index (χ4v) is 3.39. The van der Waals surface area contributed by atoms with Gasteiger partial charge in [0.2, 0.25) is 5.89 Å². The molecular formula is C19H21F4N3O3. The molecule has 0 radical (unpaired) electrons. The summed E-state index contributed by atoms with van der Waals surface area (Å²) in [4.78, 5) is 13.5. The number of alkyl halides is 3. The molecule has 1 saturated carbocycles. The first-order valence-corrected chi connectivity index (χ1v) is 9.33. The first-order valence-electron chi connectivity index (χ1n) is 9.33. The molecule has 2 aliphatic rings. The highest BCUT2D eigenvalue weighted by Crippen LogP contribution is 2.54. The Hall–Kier alpha value is -2.49. The normalized spacial score (nSPS) is 21.9. The van der Waals surface area contributed by atoms with E-state index in [2.05, 4.69) is 15.5 Å². The third-order valence-corrected chi connectivity index (χ3v) is 5.06. The molecule has 2 atom stereocenters. The molecule has 2 unspecified atom stereocenters. The SMILES string of the molecule is Fc1ccc(C2CC2c2nc(CC3CCNCC3)no2)cc1.O=C(O)C(F)(F)F. The van der Waals surface area contributed by atoms with Crippen LogP contribution in [0.1, 0.15) is 48.4 Å². The molecule has 1 aromatic heterocycles. The van der Waals surface area contributed by atoms with Crippen LogP contribution < -0.4 is 5.32 Å². The van der Waals surface area contributed by atoms with Crippen molar-refractivity contribution in [2.45, 2.75) is 43.7 Å². The Kier molecular flexibility index (Phi) is 6.51. The highest BCUT2D eigenvalue weighted by atomic mass is 19.4. The van der Waals surface area contributed by atoms with Gasteiger partial charge >= 0.3 is 12.1 Å². The van der Waals surface area contributed by atoms with Crippen LogP contribution in [-0.2, 0) is 11.2 Å². The first kappa shape index (κ1) is 21.2. The molecule has 29 heavy (non-hydrogen) atoms. The maximum absolute atomic E-state index is 13.0. The zero-order valence-corrected chi connectivity index (χ0v) is 15.5. The number of hydrogen-bond acceptors (Lipinski definition) is 5. The van der Waals surface area contributed by atoms with Crippen LogP contribution in [0.3, 0.4) is 0 Å². The lowest BCUT2D eigenvalue weighted by atomic mass is 9.94. The van der Waals surface area contributed by atoms with Gasteiger partial charge in [0.15, 0.2) is 5.82 Å². The summed E-state index contributed by atoms with van der Waals surface area (Å²) in [6, 6.07) is 6.74. The van der Waals surface area contributed by atoms with E-state index in [9.17, 15) is 17.6 Å². The highest BCUT2D eigenvalue weighted by Gasteiger charge is 2.43. The van der Waals surface area contributed by atoms with Crippen molar-refractivity contribution in [2.24, 2.45) is 5.92 Å². The number of rotatable bonds is 4. The van der Waals surface area contributed by atoms with Crippen molar-refractivity contribution in [1.29, 1.82) is 0 Å². The van der Waals surface area contributed by atoms with Crippen LogP contribution in [0, 0.1) is 11.7 Å². The molecule has 2 N–H and O–H groups in total. The average Bonchev–Trinajstić information content (AvgIpc) is 3.34. The summed E-state index contributed by atoms with van der Waals surface area (Å²) in [7, 11) is 0. The predicted octanol–water partition coefficient (Wildman–Crippen LogP) is 3.66. The zero-order chi connectivity index (χ0) is 21.0. The molecule has 2 heterocycles. The number of nitrogens with zero attached hydrogens (tertiary/aromatic N) is 2. The van der Waals surface area contributed by atoms with Gasteiger partial charge in [0.25, 0.3) is 0 Å². The molecule has 0 spiro atoms. The maximum Gasteiger partial charge on any atom is 0.490 e. The number of piperidine rings is 1. The fraction of sp³-hybridized carbons (Fsp3) is 0.526. The third-order valence-electron chi connectivity index (χ3n) is 5.06. The average molecular weight is 415 g/mol. The second-order valence-electron chi connectivity index (χ2n) is 7.25. The van der Waals surface area contributed by atoms with E-state index >= 15 is 0 Å². The predicted molar refractivity (Wildman–Crippen MR) is 93.8 cm³/mol. The van der Waals surface area contributed by atoms with Crippen molar-refractivity contribution in [3.8, 4) is 0 Å². The van der Waals surface area contributed by atoms with Crippen molar-refractivity contribution < 1.29 is 32.0 Å². The van der Waals surface area contributed by atoms with Crippen molar-refractivity contribution >= 4 is 5.97 Å². The Morgan fingerprint density at radius 1 is 1.17 bits per heavy atom. The minimum absolute atomic E-state index is 0.192. The van der Waals surface area contributed by atoms with Crippen LogP contribution in [0.15, 0.2) is 28.8 Å². The quantitative estimate of drug-likeness (QED) is 0.741. The Labute approximate surface area is 164 Å². The number of aromatic nitrogens is 2. The smallest absolute Gasteiger partial charge is 0.475 e. The molecule has 158 valence electrons. The van der Waals surface area contributed by atoms with Crippen molar-refractivity contribution in [1.82, 2.24) is 15.5 Å². The molecule has 0 bridgehead atoms. The molecule has 10 heteroatoms. The fourth-order valence-electron chi connectivity index (χ4n) is 3.39. The molecule has 6 nitrogen and oxygen atoms in total. The van der Waals surface area contributed by atoms with Crippen LogP contribution in [0.2, 0.25) is 0 Å². The van der Waals surface area contributed by atoms with E-state index < -0.39 is 12.1 Å². The van der Waals surface area contributed by atoms with Crippen molar-refractivity contribution in [3.63, 3.8) is 0 Å². The summed E-state index contributed by atoms with van der Waals surface area (Å²) in [5.41, 5.74) is 1.16. The minimum Gasteiger partial charge on any atom is -0.475 e. The van der Waals surface area contributed by atoms with Crippen LogP contribution >= 0.6 is 0 Å². The van der Waals surface area contributed by atoms with Gasteiger partial charge in [0.05, 0.1) is 0 Å². The van der Waals surface area contributed by atoms with E-state index in [-0.39, 0.29) is 5.82 Å². The van der Waals surface area contributed by atoms with Gasteiger partial charge in [-0.3, -0.25) is 0 Å². The summed E-state index contributed by atoms with van der Waals surface area (Å²) in [6.07, 6.45) is -0.781. The molecule has 2 fully saturated rings. The van der Waals surface area contributed by atoms with Crippen LogP contribution in [0.5, 0.6) is 0 Å². The third kappa shape index (κ3) is 5.99. The number of hydrogen-bond donors (Lipinski definition) is 2. The lowest BCUT2D eigenvalue weighted by molar-refractivity contribution is -0.192. The molecule has 4 rings (SSSR count). The van der Waals surface area contributed by atoms with Gasteiger partial charge in [-0.25, -0.2) is 9.18 Å². The molecule has 1 aliphatic carbocycles. The number of carboxylic acid groups (broad SMARTS) is 1. The van der Waals surface area contributed by atoms with Gasteiger partial charge in [-0.1, -0.05) is 17.3 Å². The van der Waals surface area contributed by atoms with E-state index in [0.29, 0.717) is 17.8 Å². The molecule has 1 aromatic carbocycles.